The zero-order valence-corrected chi connectivity index (χ0v) is 14.8. The Morgan fingerprint density at radius 3 is 2.71 bits per heavy atom. The summed E-state index contributed by atoms with van der Waals surface area (Å²) in [6.45, 7) is 6.80. The molecular formula is C18H27ClN2O3. The Hall–Kier alpha value is -1.56. The predicted molar refractivity (Wildman–Crippen MR) is 97.9 cm³/mol. The van der Waals surface area contributed by atoms with Gasteiger partial charge in [0, 0.05) is 19.7 Å². The van der Waals surface area contributed by atoms with E-state index in [4.69, 9.17) is 15.2 Å². The highest BCUT2D eigenvalue weighted by molar-refractivity contribution is 5.97. The molecular weight excluding hydrogens is 328 g/mol. The van der Waals surface area contributed by atoms with E-state index < -0.39 is 0 Å². The summed E-state index contributed by atoms with van der Waals surface area (Å²) in [7, 11) is 0. The van der Waals surface area contributed by atoms with Gasteiger partial charge >= 0.3 is 0 Å². The van der Waals surface area contributed by atoms with E-state index in [0.29, 0.717) is 44.2 Å². The Balaban J connectivity index is 0.00000288. The molecule has 0 aliphatic carbocycles. The molecule has 24 heavy (non-hydrogen) atoms. The predicted octanol–water partition coefficient (Wildman–Crippen LogP) is 2.64. The monoisotopic (exact) mass is 354 g/mol. The Labute approximate surface area is 150 Å². The fourth-order valence-electron chi connectivity index (χ4n) is 2.65. The van der Waals surface area contributed by atoms with Crippen LogP contribution >= 0.6 is 12.4 Å². The fourth-order valence-corrected chi connectivity index (χ4v) is 2.65. The van der Waals surface area contributed by atoms with Gasteiger partial charge in [-0.15, -0.1) is 12.4 Å². The maximum absolute atomic E-state index is 12.7. The van der Waals surface area contributed by atoms with E-state index in [0.717, 1.165) is 19.3 Å². The summed E-state index contributed by atoms with van der Waals surface area (Å²) in [5.74, 6) is 0.629. The number of carbonyl (C=O) groups excluding carboxylic acids is 1. The lowest BCUT2D eigenvalue weighted by atomic mass is 10.1. The van der Waals surface area contributed by atoms with Crippen LogP contribution in [0.15, 0.2) is 36.9 Å². The first-order valence-electron chi connectivity index (χ1n) is 8.20. The molecule has 1 saturated heterocycles. The van der Waals surface area contributed by atoms with Gasteiger partial charge in [0.25, 0.3) is 5.91 Å². The molecule has 1 aromatic carbocycles. The maximum atomic E-state index is 12.7. The number of hydrogen-bond acceptors (Lipinski definition) is 4. The number of hydrogen-bond donors (Lipinski definition) is 1. The summed E-state index contributed by atoms with van der Waals surface area (Å²) in [5, 5.41) is 0. The highest BCUT2D eigenvalue weighted by Gasteiger charge is 2.25. The Kier molecular flexibility index (Phi) is 9.45. The number of ether oxygens (including phenoxy) is 2. The van der Waals surface area contributed by atoms with E-state index in [-0.39, 0.29) is 24.4 Å². The van der Waals surface area contributed by atoms with Gasteiger partial charge in [-0.1, -0.05) is 24.8 Å². The van der Waals surface area contributed by atoms with Crippen LogP contribution in [0.25, 0.3) is 0 Å². The highest BCUT2D eigenvalue weighted by atomic mass is 35.5. The number of piperidine rings is 1. The fraction of sp³-hybridized carbons (Fsp3) is 0.500. The van der Waals surface area contributed by atoms with E-state index in [1.807, 2.05) is 29.2 Å². The molecule has 0 atom stereocenters. The van der Waals surface area contributed by atoms with Crippen molar-refractivity contribution >= 4 is 18.3 Å². The van der Waals surface area contributed by atoms with Crippen LogP contribution in [0.1, 0.15) is 29.6 Å². The van der Waals surface area contributed by atoms with Crippen molar-refractivity contribution in [2.24, 2.45) is 5.73 Å². The van der Waals surface area contributed by atoms with Gasteiger partial charge in [0.15, 0.2) is 0 Å². The first-order valence-corrected chi connectivity index (χ1v) is 8.20. The number of halogens is 1. The first-order chi connectivity index (χ1) is 11.3. The summed E-state index contributed by atoms with van der Waals surface area (Å²) in [4.78, 5) is 14.6. The second-order valence-corrected chi connectivity index (χ2v) is 5.60. The van der Waals surface area contributed by atoms with Gasteiger partial charge in [0.05, 0.1) is 11.7 Å². The zero-order chi connectivity index (χ0) is 16.5. The molecule has 0 spiro atoms. The lowest BCUT2D eigenvalue weighted by molar-refractivity contribution is 0.00837. The number of benzene rings is 1. The SMILES string of the molecule is C=CCOc1ccccc1C(=O)N1CCC(OCCCN)CC1.Cl. The summed E-state index contributed by atoms with van der Waals surface area (Å²) >= 11 is 0. The average Bonchev–Trinajstić information content (AvgIpc) is 2.60. The summed E-state index contributed by atoms with van der Waals surface area (Å²) in [5.41, 5.74) is 6.08. The molecule has 5 nitrogen and oxygen atoms in total. The molecule has 6 heteroatoms. The van der Waals surface area contributed by atoms with E-state index in [1.165, 1.54) is 0 Å². The van der Waals surface area contributed by atoms with Crippen molar-refractivity contribution in [3.8, 4) is 5.75 Å². The van der Waals surface area contributed by atoms with E-state index in [1.54, 1.807) is 6.08 Å². The number of amides is 1. The number of nitrogens with two attached hydrogens (primary N) is 1. The third-order valence-electron chi connectivity index (χ3n) is 3.91. The normalized spacial score (nSPS) is 14.8. The molecule has 1 amide bonds. The first kappa shape index (κ1) is 20.5. The summed E-state index contributed by atoms with van der Waals surface area (Å²) < 4.78 is 11.4. The molecule has 0 unspecified atom stereocenters. The number of rotatable bonds is 8. The molecule has 1 aliphatic rings. The maximum Gasteiger partial charge on any atom is 0.257 e. The van der Waals surface area contributed by atoms with E-state index in [2.05, 4.69) is 6.58 Å². The Bertz CT molecular complexity index is 517. The van der Waals surface area contributed by atoms with Crippen LogP contribution in [0, 0.1) is 0 Å². The van der Waals surface area contributed by atoms with Crippen LogP contribution in [0.4, 0.5) is 0 Å². The summed E-state index contributed by atoms with van der Waals surface area (Å²) in [6, 6.07) is 7.35. The van der Waals surface area contributed by atoms with Gasteiger partial charge in [0.2, 0.25) is 0 Å². The van der Waals surface area contributed by atoms with Crippen LogP contribution in [-0.2, 0) is 4.74 Å². The molecule has 2 rings (SSSR count). The number of carbonyl (C=O) groups is 1. The van der Waals surface area contributed by atoms with Crippen LogP contribution in [0.3, 0.4) is 0 Å². The molecule has 2 N–H and O–H groups in total. The molecule has 0 bridgehead atoms. The lowest BCUT2D eigenvalue weighted by Gasteiger charge is -2.32. The van der Waals surface area contributed by atoms with Crippen molar-refractivity contribution in [3.05, 3.63) is 42.5 Å². The number of para-hydroxylation sites is 1. The molecule has 1 fully saturated rings. The minimum absolute atomic E-state index is 0. The number of nitrogens with zero attached hydrogens (tertiary/aromatic N) is 1. The topological polar surface area (TPSA) is 64.8 Å². The molecule has 1 heterocycles. The van der Waals surface area contributed by atoms with Crippen LogP contribution in [0.2, 0.25) is 0 Å². The smallest absolute Gasteiger partial charge is 0.257 e. The van der Waals surface area contributed by atoms with E-state index >= 15 is 0 Å². The quantitative estimate of drug-likeness (QED) is 0.575. The minimum atomic E-state index is 0. The summed E-state index contributed by atoms with van der Waals surface area (Å²) in [6.07, 6.45) is 4.52. The van der Waals surface area contributed by atoms with Gasteiger partial charge < -0.3 is 20.1 Å². The molecule has 134 valence electrons. The highest BCUT2D eigenvalue weighted by Crippen LogP contribution is 2.22. The van der Waals surface area contributed by atoms with Crippen LogP contribution in [0.5, 0.6) is 5.75 Å². The standard InChI is InChI=1S/C18H26N2O3.ClH/c1-2-13-23-17-7-4-3-6-16(17)18(21)20-11-8-15(9-12-20)22-14-5-10-19;/h2-4,6-7,15H,1,5,8-14,19H2;1H. The third-order valence-corrected chi connectivity index (χ3v) is 3.91. The van der Waals surface area contributed by atoms with Gasteiger partial charge in [-0.05, 0) is 37.9 Å². The van der Waals surface area contributed by atoms with Gasteiger partial charge in [-0.2, -0.15) is 0 Å². The Morgan fingerprint density at radius 1 is 1.33 bits per heavy atom. The molecule has 1 aliphatic heterocycles. The third kappa shape index (κ3) is 5.82. The van der Waals surface area contributed by atoms with Crippen molar-refractivity contribution in [1.29, 1.82) is 0 Å². The number of likely N-dealkylation sites (tertiary alicyclic amines) is 1. The van der Waals surface area contributed by atoms with Crippen molar-refractivity contribution in [2.45, 2.75) is 25.4 Å². The van der Waals surface area contributed by atoms with Gasteiger partial charge in [-0.25, -0.2) is 0 Å². The van der Waals surface area contributed by atoms with Crippen LogP contribution < -0.4 is 10.5 Å². The molecule has 0 radical (unpaired) electrons. The largest absolute Gasteiger partial charge is 0.489 e. The second kappa shape index (κ2) is 11.1. The minimum Gasteiger partial charge on any atom is -0.489 e. The van der Waals surface area contributed by atoms with Crippen LogP contribution in [-0.4, -0.2) is 49.8 Å². The lowest BCUT2D eigenvalue weighted by Crippen LogP contribution is -2.41. The van der Waals surface area contributed by atoms with Crippen molar-refractivity contribution in [1.82, 2.24) is 4.90 Å². The molecule has 0 aromatic heterocycles. The van der Waals surface area contributed by atoms with E-state index in [9.17, 15) is 4.79 Å². The Morgan fingerprint density at radius 2 is 2.04 bits per heavy atom. The van der Waals surface area contributed by atoms with Gasteiger partial charge in [0.1, 0.15) is 12.4 Å². The second-order valence-electron chi connectivity index (χ2n) is 5.60. The molecule has 0 saturated carbocycles. The van der Waals surface area contributed by atoms with Gasteiger partial charge in [-0.3, -0.25) is 4.79 Å². The van der Waals surface area contributed by atoms with Crippen molar-refractivity contribution < 1.29 is 14.3 Å². The average molecular weight is 355 g/mol. The van der Waals surface area contributed by atoms with Crippen molar-refractivity contribution in [2.75, 3.05) is 32.8 Å². The zero-order valence-electron chi connectivity index (χ0n) is 14.0. The molecule has 1 aromatic rings. The van der Waals surface area contributed by atoms with Crippen molar-refractivity contribution in [3.63, 3.8) is 0 Å².